The van der Waals surface area contributed by atoms with Gasteiger partial charge in [0.1, 0.15) is 0 Å². The smallest absolute Gasteiger partial charge is 0.299 e. The fraction of sp³-hybridized carbons (Fsp3) is 0.385. The van der Waals surface area contributed by atoms with Crippen molar-refractivity contribution in [1.82, 2.24) is 0 Å². The van der Waals surface area contributed by atoms with Crippen molar-refractivity contribution in [2.45, 2.75) is 13.8 Å². The summed E-state index contributed by atoms with van der Waals surface area (Å²) < 4.78 is 4.96. The Labute approximate surface area is 100 Å². The van der Waals surface area contributed by atoms with Gasteiger partial charge in [-0.1, -0.05) is 6.07 Å². The molecule has 1 aliphatic rings. The van der Waals surface area contributed by atoms with Crippen LogP contribution in [0.15, 0.2) is 12.1 Å². The Bertz CT molecular complexity index is 494. The number of anilines is 1. The van der Waals surface area contributed by atoms with Crippen molar-refractivity contribution in [1.29, 1.82) is 0 Å². The van der Waals surface area contributed by atoms with Crippen LogP contribution in [0, 0.1) is 13.8 Å². The zero-order valence-corrected chi connectivity index (χ0v) is 10.2. The molecule has 0 bridgehead atoms. The Morgan fingerprint density at radius 2 is 1.94 bits per heavy atom. The first-order valence-corrected chi connectivity index (χ1v) is 5.52. The summed E-state index contributed by atoms with van der Waals surface area (Å²) in [6.07, 6.45) is 0. The molecular weight excluding hydrogens is 218 g/mol. The van der Waals surface area contributed by atoms with E-state index in [1.54, 1.807) is 7.11 Å². The standard InChI is InChI=1S/C13H15NO3/c1-8-6-9(2)11-10(7-8)14(4-5-17-3)13(16)12(11)15/h6-7H,4-5H2,1-3H3. The SMILES string of the molecule is COCCN1C(=O)C(=O)c2c(C)cc(C)cc21. The van der Waals surface area contributed by atoms with Crippen molar-refractivity contribution in [3.63, 3.8) is 0 Å². The molecule has 0 aliphatic carbocycles. The number of aryl methyl sites for hydroxylation is 2. The third-order valence-electron chi connectivity index (χ3n) is 2.94. The summed E-state index contributed by atoms with van der Waals surface area (Å²) in [5.74, 6) is -0.862. The minimum absolute atomic E-state index is 0.409. The zero-order valence-electron chi connectivity index (χ0n) is 10.2. The van der Waals surface area contributed by atoms with Gasteiger partial charge < -0.3 is 9.64 Å². The first-order valence-electron chi connectivity index (χ1n) is 5.52. The third-order valence-corrected chi connectivity index (χ3v) is 2.94. The molecule has 4 heteroatoms. The highest BCUT2D eigenvalue weighted by Gasteiger charge is 2.36. The van der Waals surface area contributed by atoms with Crippen molar-refractivity contribution in [2.24, 2.45) is 0 Å². The van der Waals surface area contributed by atoms with Gasteiger partial charge in [-0.05, 0) is 31.0 Å². The molecule has 0 spiro atoms. The molecule has 0 saturated heterocycles. The lowest BCUT2D eigenvalue weighted by Crippen LogP contribution is -2.32. The first kappa shape index (κ1) is 11.8. The van der Waals surface area contributed by atoms with E-state index in [-0.39, 0.29) is 0 Å². The second-order valence-electron chi connectivity index (χ2n) is 4.25. The lowest BCUT2D eigenvalue weighted by atomic mass is 10.0. The van der Waals surface area contributed by atoms with Gasteiger partial charge >= 0.3 is 0 Å². The van der Waals surface area contributed by atoms with Crippen LogP contribution in [0.4, 0.5) is 5.69 Å². The molecule has 4 nitrogen and oxygen atoms in total. The van der Waals surface area contributed by atoms with Crippen molar-refractivity contribution in [3.05, 3.63) is 28.8 Å². The summed E-state index contributed by atoms with van der Waals surface area (Å²) in [4.78, 5) is 25.2. The molecule has 1 amide bonds. The summed E-state index contributed by atoms with van der Waals surface area (Å²) in [5.41, 5.74) is 3.16. The number of rotatable bonds is 3. The number of amides is 1. The van der Waals surface area contributed by atoms with Gasteiger partial charge in [-0.2, -0.15) is 0 Å². The van der Waals surface area contributed by atoms with Crippen LogP contribution in [0.2, 0.25) is 0 Å². The predicted molar refractivity (Wildman–Crippen MR) is 64.5 cm³/mol. The molecule has 0 unspecified atom stereocenters. The van der Waals surface area contributed by atoms with Gasteiger partial charge in [-0.15, -0.1) is 0 Å². The molecule has 0 radical (unpaired) electrons. The number of hydrogen-bond acceptors (Lipinski definition) is 3. The van der Waals surface area contributed by atoms with Crippen LogP contribution < -0.4 is 4.90 Å². The van der Waals surface area contributed by atoms with Gasteiger partial charge in [0.2, 0.25) is 0 Å². The minimum atomic E-state index is -0.453. The molecule has 1 aliphatic heterocycles. The van der Waals surface area contributed by atoms with Crippen LogP contribution in [0.3, 0.4) is 0 Å². The van der Waals surface area contributed by atoms with Crippen LogP contribution in [0.25, 0.3) is 0 Å². The number of ketones is 1. The van der Waals surface area contributed by atoms with Gasteiger partial charge in [0.15, 0.2) is 0 Å². The molecule has 0 N–H and O–H groups in total. The number of Topliss-reactive ketones (excluding diaryl/α,β-unsaturated/α-hetero) is 1. The second-order valence-corrected chi connectivity index (χ2v) is 4.25. The van der Waals surface area contributed by atoms with E-state index in [0.717, 1.165) is 16.8 Å². The summed E-state index contributed by atoms with van der Waals surface area (Å²) in [6.45, 7) is 4.65. The van der Waals surface area contributed by atoms with E-state index in [2.05, 4.69) is 0 Å². The fourth-order valence-corrected chi connectivity index (χ4v) is 2.20. The number of methoxy groups -OCH3 is 1. The highest BCUT2D eigenvalue weighted by atomic mass is 16.5. The number of hydrogen-bond donors (Lipinski definition) is 0. The van der Waals surface area contributed by atoms with Crippen LogP contribution in [0.1, 0.15) is 21.5 Å². The molecule has 1 heterocycles. The van der Waals surface area contributed by atoms with E-state index in [1.807, 2.05) is 26.0 Å². The van der Waals surface area contributed by atoms with Crippen molar-refractivity contribution in [2.75, 3.05) is 25.2 Å². The van der Waals surface area contributed by atoms with Crippen LogP contribution >= 0.6 is 0 Å². The highest BCUT2D eigenvalue weighted by Crippen LogP contribution is 2.32. The average molecular weight is 233 g/mol. The van der Waals surface area contributed by atoms with Gasteiger partial charge in [-0.3, -0.25) is 9.59 Å². The minimum Gasteiger partial charge on any atom is -0.383 e. The molecular formula is C13H15NO3. The van der Waals surface area contributed by atoms with Crippen molar-refractivity contribution >= 4 is 17.4 Å². The van der Waals surface area contributed by atoms with Gasteiger partial charge in [-0.25, -0.2) is 0 Å². The molecule has 1 aromatic carbocycles. The maximum absolute atomic E-state index is 11.9. The quantitative estimate of drug-likeness (QED) is 0.743. The molecule has 1 aromatic rings. The Balaban J connectivity index is 2.48. The first-order chi connectivity index (χ1) is 8.06. The number of carbonyl (C=O) groups excluding carboxylic acids is 2. The Morgan fingerprint density at radius 1 is 1.24 bits per heavy atom. The lowest BCUT2D eigenvalue weighted by molar-refractivity contribution is -0.114. The molecule has 0 aromatic heterocycles. The van der Waals surface area contributed by atoms with E-state index in [4.69, 9.17) is 4.74 Å². The largest absolute Gasteiger partial charge is 0.383 e. The topological polar surface area (TPSA) is 46.6 Å². The number of nitrogens with zero attached hydrogens (tertiary/aromatic N) is 1. The average Bonchev–Trinajstić information content (AvgIpc) is 2.49. The Hall–Kier alpha value is -1.68. The summed E-state index contributed by atoms with van der Waals surface area (Å²) in [6, 6.07) is 3.80. The predicted octanol–water partition coefficient (Wildman–Crippen LogP) is 1.48. The molecule has 17 heavy (non-hydrogen) atoms. The molecule has 0 fully saturated rings. The van der Waals surface area contributed by atoms with Crippen LogP contribution in [-0.2, 0) is 9.53 Å². The fourth-order valence-electron chi connectivity index (χ4n) is 2.20. The molecule has 90 valence electrons. The Morgan fingerprint density at radius 3 is 2.59 bits per heavy atom. The van der Waals surface area contributed by atoms with Gasteiger partial charge in [0.05, 0.1) is 17.9 Å². The van der Waals surface area contributed by atoms with E-state index in [0.29, 0.717) is 18.7 Å². The van der Waals surface area contributed by atoms with E-state index >= 15 is 0 Å². The van der Waals surface area contributed by atoms with Crippen LogP contribution in [-0.4, -0.2) is 32.0 Å². The normalized spacial score (nSPS) is 14.4. The summed E-state index contributed by atoms with van der Waals surface area (Å²) >= 11 is 0. The molecule has 0 atom stereocenters. The maximum Gasteiger partial charge on any atom is 0.299 e. The third kappa shape index (κ3) is 1.85. The number of benzene rings is 1. The molecule has 2 rings (SSSR count). The number of fused-ring (bicyclic) bond motifs is 1. The van der Waals surface area contributed by atoms with E-state index in [1.165, 1.54) is 4.90 Å². The lowest BCUT2D eigenvalue weighted by Gasteiger charge is -2.16. The molecule has 0 saturated carbocycles. The second kappa shape index (κ2) is 4.30. The number of ether oxygens (including phenoxy) is 1. The van der Waals surface area contributed by atoms with Gasteiger partial charge in [0, 0.05) is 13.7 Å². The van der Waals surface area contributed by atoms with Gasteiger partial charge in [0.25, 0.3) is 11.7 Å². The van der Waals surface area contributed by atoms with Crippen LogP contribution in [0.5, 0.6) is 0 Å². The van der Waals surface area contributed by atoms with E-state index < -0.39 is 11.7 Å². The highest BCUT2D eigenvalue weighted by molar-refractivity contribution is 6.52. The van der Waals surface area contributed by atoms with Crippen molar-refractivity contribution < 1.29 is 14.3 Å². The van der Waals surface area contributed by atoms with Crippen molar-refractivity contribution in [3.8, 4) is 0 Å². The summed E-state index contributed by atoms with van der Waals surface area (Å²) in [7, 11) is 1.57. The summed E-state index contributed by atoms with van der Waals surface area (Å²) in [5, 5.41) is 0. The monoisotopic (exact) mass is 233 g/mol. The maximum atomic E-state index is 11.9. The number of carbonyl (C=O) groups is 2. The van der Waals surface area contributed by atoms with E-state index in [9.17, 15) is 9.59 Å². The Kier molecular flexibility index (Phi) is 2.98. The zero-order chi connectivity index (χ0) is 12.6.